The van der Waals surface area contributed by atoms with Crippen molar-refractivity contribution in [3.63, 3.8) is 0 Å². The summed E-state index contributed by atoms with van der Waals surface area (Å²) in [5, 5.41) is 9.61. The Hall–Kier alpha value is -1.05. The first-order valence-electron chi connectivity index (χ1n) is 7.06. The molecule has 3 nitrogen and oxygen atoms in total. The maximum Gasteiger partial charge on any atom is 0.303 e. The lowest BCUT2D eigenvalue weighted by Crippen LogP contribution is -2.41. The van der Waals surface area contributed by atoms with E-state index in [9.17, 15) is 22.8 Å². The average molecular weight is 349 g/mol. The summed E-state index contributed by atoms with van der Waals surface area (Å²) in [4.78, 5) is 0. The molecule has 1 N–H and O–H groups in total. The van der Waals surface area contributed by atoms with Gasteiger partial charge in [0.1, 0.15) is 27.5 Å². The number of hydrogen-bond donors (Lipinski definition) is 1. The van der Waals surface area contributed by atoms with E-state index in [-0.39, 0.29) is 11.3 Å². The lowest BCUT2D eigenvalue weighted by molar-refractivity contribution is -0.170. The van der Waals surface area contributed by atoms with Crippen LogP contribution in [-0.4, -0.2) is 25.7 Å². The molecule has 1 unspecified atom stereocenters. The zero-order chi connectivity index (χ0) is 18.2. The first-order chi connectivity index (χ1) is 10.2. The van der Waals surface area contributed by atoms with Crippen molar-refractivity contribution in [1.82, 2.24) is 0 Å². The summed E-state index contributed by atoms with van der Waals surface area (Å²) in [6.07, 6.45) is 0. The number of aliphatic hydroxyl groups is 1. The minimum atomic E-state index is -3.78. The monoisotopic (exact) mass is 349 g/mol. The molecular formula is C16H22F3NO2S. The van der Waals surface area contributed by atoms with E-state index in [1.54, 1.807) is 20.8 Å². The van der Waals surface area contributed by atoms with Crippen LogP contribution in [0.4, 0.5) is 13.2 Å². The van der Waals surface area contributed by atoms with Crippen molar-refractivity contribution < 1.29 is 22.8 Å². The van der Waals surface area contributed by atoms with E-state index in [4.69, 9.17) is 0 Å². The maximum atomic E-state index is 14.5. The largest absolute Gasteiger partial charge is 0.591 e. The van der Waals surface area contributed by atoms with Gasteiger partial charge < -0.3 is 9.66 Å². The first kappa shape index (κ1) is 20.0. The molecule has 7 heteroatoms. The van der Waals surface area contributed by atoms with Crippen LogP contribution in [0.3, 0.4) is 0 Å². The third kappa shape index (κ3) is 4.28. The Morgan fingerprint density at radius 1 is 1.17 bits per heavy atom. The highest BCUT2D eigenvalue weighted by Gasteiger charge is 2.49. The average Bonchev–Trinajstić information content (AvgIpc) is 2.35. The number of halogens is 3. The van der Waals surface area contributed by atoms with Crippen LogP contribution in [0.1, 0.15) is 52.7 Å². The van der Waals surface area contributed by atoms with E-state index < -0.39 is 39.0 Å². The lowest BCUT2D eigenvalue weighted by atomic mass is 9.91. The molecule has 0 aliphatic rings. The van der Waals surface area contributed by atoms with Gasteiger partial charge in [0.15, 0.2) is 0 Å². The normalized spacial score (nSPS) is 15.7. The second-order valence-corrected chi connectivity index (χ2v) is 8.74. The molecule has 1 aromatic carbocycles. The minimum Gasteiger partial charge on any atom is -0.591 e. The fourth-order valence-corrected chi connectivity index (χ4v) is 2.31. The molecule has 0 radical (unpaired) electrons. The minimum absolute atomic E-state index is 0.0594. The molecule has 0 aliphatic carbocycles. The Bertz CT molecular complexity index is 604. The summed E-state index contributed by atoms with van der Waals surface area (Å²) >= 11 is -1.64. The summed E-state index contributed by atoms with van der Waals surface area (Å²) in [5.74, 6) is -4.96. The zero-order valence-corrected chi connectivity index (χ0v) is 14.9. The van der Waals surface area contributed by atoms with Gasteiger partial charge >= 0.3 is 5.92 Å². The maximum absolute atomic E-state index is 14.5. The Balaban J connectivity index is 3.38. The van der Waals surface area contributed by atoms with Crippen molar-refractivity contribution in [1.29, 1.82) is 0 Å². The number of benzene rings is 1. The smallest absolute Gasteiger partial charge is 0.303 e. The number of alkyl halides is 2. The quantitative estimate of drug-likeness (QED) is 0.661. The zero-order valence-electron chi connectivity index (χ0n) is 14.1. The van der Waals surface area contributed by atoms with E-state index in [1.165, 1.54) is 19.1 Å². The van der Waals surface area contributed by atoms with Crippen LogP contribution in [0.25, 0.3) is 0 Å². The molecule has 0 bridgehead atoms. The van der Waals surface area contributed by atoms with Crippen molar-refractivity contribution in [2.24, 2.45) is 4.40 Å². The van der Waals surface area contributed by atoms with Crippen molar-refractivity contribution in [2.45, 2.75) is 57.8 Å². The highest BCUT2D eigenvalue weighted by Crippen LogP contribution is 2.40. The third-order valence-electron chi connectivity index (χ3n) is 3.24. The van der Waals surface area contributed by atoms with Crippen LogP contribution in [0.2, 0.25) is 0 Å². The van der Waals surface area contributed by atoms with Crippen LogP contribution < -0.4 is 0 Å². The Morgan fingerprint density at radius 3 is 2.13 bits per heavy atom. The van der Waals surface area contributed by atoms with E-state index in [0.29, 0.717) is 0 Å². The van der Waals surface area contributed by atoms with Gasteiger partial charge in [0.25, 0.3) is 0 Å². The fourth-order valence-electron chi connectivity index (χ4n) is 1.69. The Kier molecular flexibility index (Phi) is 5.61. The Labute approximate surface area is 137 Å². The molecule has 0 aliphatic heterocycles. The van der Waals surface area contributed by atoms with Gasteiger partial charge in [0.05, 0.1) is 11.3 Å². The molecule has 1 aromatic rings. The van der Waals surface area contributed by atoms with Gasteiger partial charge in [-0.1, -0.05) is 16.5 Å². The van der Waals surface area contributed by atoms with Gasteiger partial charge in [-0.15, -0.1) is 0 Å². The molecule has 0 spiro atoms. The van der Waals surface area contributed by atoms with Crippen molar-refractivity contribution in [3.05, 3.63) is 35.1 Å². The van der Waals surface area contributed by atoms with Crippen LogP contribution in [0.5, 0.6) is 0 Å². The van der Waals surface area contributed by atoms with Gasteiger partial charge in [-0.25, -0.2) is 4.39 Å². The standard InChI is InChI=1S/C16H22F3NO2S/c1-10(20-23(22)14(2,3)4)11-8-7-9-12(13(11)17)16(18,19)15(5,6)21/h7-9,21H,1-6H3/b20-10+. The third-order valence-corrected chi connectivity index (χ3v) is 4.73. The van der Waals surface area contributed by atoms with Crippen LogP contribution in [0.15, 0.2) is 22.6 Å². The summed E-state index contributed by atoms with van der Waals surface area (Å²) in [7, 11) is 0. The topological polar surface area (TPSA) is 55.7 Å². The molecule has 130 valence electrons. The van der Waals surface area contributed by atoms with E-state index >= 15 is 0 Å². The number of rotatable bonds is 4. The molecule has 1 rings (SSSR count). The van der Waals surface area contributed by atoms with Crippen LogP contribution in [-0.2, 0) is 17.3 Å². The van der Waals surface area contributed by atoms with Gasteiger partial charge in [-0.05, 0) is 47.6 Å². The summed E-state index contributed by atoms with van der Waals surface area (Å²) in [5.41, 5.74) is -3.45. The molecular weight excluding hydrogens is 327 g/mol. The summed E-state index contributed by atoms with van der Waals surface area (Å²) in [6, 6.07) is 3.47. The number of nitrogens with zero attached hydrogens (tertiary/aromatic N) is 1. The predicted molar refractivity (Wildman–Crippen MR) is 86.7 cm³/mol. The van der Waals surface area contributed by atoms with Crippen LogP contribution in [0, 0.1) is 5.82 Å². The van der Waals surface area contributed by atoms with Crippen molar-refractivity contribution in [2.75, 3.05) is 0 Å². The van der Waals surface area contributed by atoms with Gasteiger partial charge in [0, 0.05) is 5.56 Å². The van der Waals surface area contributed by atoms with Crippen molar-refractivity contribution >= 4 is 17.1 Å². The predicted octanol–water partition coefficient (Wildman–Crippen LogP) is 3.96. The molecule has 0 aromatic heterocycles. The molecule has 23 heavy (non-hydrogen) atoms. The number of hydrogen-bond acceptors (Lipinski definition) is 3. The molecule has 0 saturated heterocycles. The second-order valence-electron chi connectivity index (χ2n) is 6.84. The van der Waals surface area contributed by atoms with Gasteiger partial charge in [-0.2, -0.15) is 8.78 Å². The lowest BCUT2D eigenvalue weighted by Gasteiger charge is -2.29. The highest BCUT2D eigenvalue weighted by atomic mass is 32.2. The molecule has 0 amide bonds. The second kappa shape index (κ2) is 6.45. The van der Waals surface area contributed by atoms with E-state index in [0.717, 1.165) is 19.9 Å². The van der Waals surface area contributed by atoms with Crippen molar-refractivity contribution in [3.8, 4) is 0 Å². The molecule has 1 atom stereocenters. The molecule has 0 heterocycles. The van der Waals surface area contributed by atoms with Crippen LogP contribution >= 0.6 is 0 Å². The Morgan fingerprint density at radius 2 is 1.70 bits per heavy atom. The SMILES string of the molecule is C/C(=N\[S+]([O-])C(C)(C)C)c1cccc(C(F)(F)C(C)(C)O)c1F. The highest BCUT2D eigenvalue weighted by molar-refractivity contribution is 7.91. The fraction of sp³-hybridized carbons (Fsp3) is 0.562. The first-order valence-corrected chi connectivity index (χ1v) is 8.17. The summed E-state index contributed by atoms with van der Waals surface area (Å²) < 4.78 is 58.3. The molecule has 0 saturated carbocycles. The van der Waals surface area contributed by atoms with Gasteiger partial charge in [-0.3, -0.25) is 0 Å². The van der Waals surface area contributed by atoms with E-state index in [1.807, 2.05) is 0 Å². The van der Waals surface area contributed by atoms with E-state index in [2.05, 4.69) is 4.40 Å². The summed E-state index contributed by atoms with van der Waals surface area (Å²) in [6.45, 7) is 8.34. The van der Waals surface area contributed by atoms with Gasteiger partial charge in [0.2, 0.25) is 0 Å². The molecule has 0 fully saturated rings.